The molecule has 3 fully saturated rings. The summed E-state index contributed by atoms with van der Waals surface area (Å²) in [6.45, 7) is 3.47. The molecule has 2 nitrogen and oxygen atoms in total. The van der Waals surface area contributed by atoms with Gasteiger partial charge in [-0.05, 0) is 51.4 Å². The zero-order chi connectivity index (χ0) is 13.8. The van der Waals surface area contributed by atoms with Crippen molar-refractivity contribution in [2.24, 2.45) is 5.92 Å². The fourth-order valence-corrected chi connectivity index (χ4v) is 4.72. The molecule has 116 valence electrons. The first-order valence-electron chi connectivity index (χ1n) is 9.19. The van der Waals surface area contributed by atoms with E-state index in [0.29, 0.717) is 17.7 Å². The predicted molar refractivity (Wildman–Crippen MR) is 84.0 cm³/mol. The largest absolute Gasteiger partial charge is 0.370 e. The summed E-state index contributed by atoms with van der Waals surface area (Å²) in [6.07, 6.45) is 17.1. The van der Waals surface area contributed by atoms with Crippen molar-refractivity contribution in [3.63, 3.8) is 0 Å². The SMILES string of the molecule is C[C@H](NCC1CCC2(CCCCC2)O1)C1CCCCC1. The first-order valence-corrected chi connectivity index (χ1v) is 9.19. The lowest BCUT2D eigenvalue weighted by molar-refractivity contribution is -0.0632. The Morgan fingerprint density at radius 1 is 0.950 bits per heavy atom. The van der Waals surface area contributed by atoms with Crippen molar-refractivity contribution >= 4 is 0 Å². The maximum atomic E-state index is 6.47. The molecule has 0 radical (unpaired) electrons. The number of nitrogens with one attached hydrogen (secondary N) is 1. The van der Waals surface area contributed by atoms with Gasteiger partial charge in [-0.1, -0.05) is 38.5 Å². The molecule has 2 saturated carbocycles. The van der Waals surface area contributed by atoms with Crippen LogP contribution in [0.15, 0.2) is 0 Å². The van der Waals surface area contributed by atoms with Gasteiger partial charge < -0.3 is 10.1 Å². The highest BCUT2D eigenvalue weighted by Crippen LogP contribution is 2.41. The summed E-state index contributed by atoms with van der Waals surface area (Å²) in [5.74, 6) is 0.911. The van der Waals surface area contributed by atoms with E-state index in [4.69, 9.17) is 4.74 Å². The van der Waals surface area contributed by atoms with Crippen molar-refractivity contribution in [3.8, 4) is 0 Å². The molecule has 20 heavy (non-hydrogen) atoms. The van der Waals surface area contributed by atoms with Gasteiger partial charge >= 0.3 is 0 Å². The lowest BCUT2D eigenvalue weighted by atomic mass is 9.83. The first kappa shape index (κ1) is 14.8. The van der Waals surface area contributed by atoms with Crippen LogP contribution >= 0.6 is 0 Å². The highest BCUT2D eigenvalue weighted by atomic mass is 16.5. The topological polar surface area (TPSA) is 21.3 Å². The molecule has 1 heterocycles. The van der Waals surface area contributed by atoms with Gasteiger partial charge in [0.1, 0.15) is 0 Å². The van der Waals surface area contributed by atoms with Crippen LogP contribution in [0.5, 0.6) is 0 Å². The van der Waals surface area contributed by atoms with E-state index in [1.54, 1.807) is 0 Å². The minimum Gasteiger partial charge on any atom is -0.370 e. The van der Waals surface area contributed by atoms with E-state index in [1.807, 2.05) is 0 Å². The zero-order valence-corrected chi connectivity index (χ0v) is 13.3. The van der Waals surface area contributed by atoms with Crippen molar-refractivity contribution in [1.82, 2.24) is 5.32 Å². The monoisotopic (exact) mass is 279 g/mol. The van der Waals surface area contributed by atoms with Gasteiger partial charge in [-0.2, -0.15) is 0 Å². The van der Waals surface area contributed by atoms with Crippen molar-refractivity contribution in [3.05, 3.63) is 0 Å². The van der Waals surface area contributed by atoms with E-state index in [0.717, 1.165) is 12.5 Å². The van der Waals surface area contributed by atoms with Gasteiger partial charge in [-0.15, -0.1) is 0 Å². The lowest BCUT2D eigenvalue weighted by Gasteiger charge is -2.34. The normalized spacial score (nSPS) is 32.5. The molecule has 2 aliphatic carbocycles. The second-order valence-electron chi connectivity index (χ2n) is 7.62. The molecular formula is C18H33NO. The van der Waals surface area contributed by atoms with E-state index >= 15 is 0 Å². The van der Waals surface area contributed by atoms with Crippen LogP contribution in [0.2, 0.25) is 0 Å². The van der Waals surface area contributed by atoms with Gasteiger partial charge in [0.05, 0.1) is 11.7 Å². The Bertz CT molecular complexity index is 292. The number of hydrogen-bond acceptors (Lipinski definition) is 2. The number of rotatable bonds is 4. The van der Waals surface area contributed by atoms with Crippen LogP contribution in [-0.2, 0) is 4.74 Å². The average molecular weight is 279 g/mol. The van der Waals surface area contributed by atoms with Gasteiger partial charge in [0.2, 0.25) is 0 Å². The fourth-order valence-electron chi connectivity index (χ4n) is 4.72. The van der Waals surface area contributed by atoms with Gasteiger partial charge in [0, 0.05) is 12.6 Å². The first-order chi connectivity index (χ1) is 9.77. The second kappa shape index (κ2) is 6.79. The quantitative estimate of drug-likeness (QED) is 0.822. The van der Waals surface area contributed by atoms with Gasteiger partial charge in [-0.25, -0.2) is 0 Å². The van der Waals surface area contributed by atoms with E-state index in [1.165, 1.54) is 77.0 Å². The van der Waals surface area contributed by atoms with Crippen molar-refractivity contribution < 1.29 is 4.74 Å². The van der Waals surface area contributed by atoms with E-state index in [2.05, 4.69) is 12.2 Å². The van der Waals surface area contributed by atoms with Crippen LogP contribution in [0.1, 0.15) is 84.0 Å². The fraction of sp³-hybridized carbons (Fsp3) is 1.00. The molecule has 3 aliphatic rings. The molecule has 1 N–H and O–H groups in total. The summed E-state index contributed by atoms with van der Waals surface area (Å²) in [5, 5.41) is 3.79. The lowest BCUT2D eigenvalue weighted by Crippen LogP contribution is -2.40. The molecule has 0 amide bonds. The van der Waals surface area contributed by atoms with E-state index < -0.39 is 0 Å². The standard InChI is InChI=1S/C18H33NO/c1-15(16-8-4-2-5-9-16)19-14-17-10-13-18(20-17)11-6-3-7-12-18/h15-17,19H,2-14H2,1H3/t15-,17?/m0/s1. The Morgan fingerprint density at radius 2 is 1.65 bits per heavy atom. The summed E-state index contributed by atoms with van der Waals surface area (Å²) in [5.41, 5.74) is 0.290. The summed E-state index contributed by atoms with van der Waals surface area (Å²) in [6, 6.07) is 0.682. The average Bonchev–Trinajstić information content (AvgIpc) is 2.89. The van der Waals surface area contributed by atoms with E-state index in [9.17, 15) is 0 Å². The zero-order valence-electron chi connectivity index (χ0n) is 13.3. The summed E-state index contributed by atoms with van der Waals surface area (Å²) >= 11 is 0. The van der Waals surface area contributed by atoms with Crippen LogP contribution in [0.4, 0.5) is 0 Å². The molecule has 1 saturated heterocycles. The molecule has 0 aromatic rings. The van der Waals surface area contributed by atoms with Crippen molar-refractivity contribution in [1.29, 1.82) is 0 Å². The Morgan fingerprint density at radius 3 is 2.40 bits per heavy atom. The number of hydrogen-bond donors (Lipinski definition) is 1. The van der Waals surface area contributed by atoms with Crippen LogP contribution in [-0.4, -0.2) is 24.3 Å². The summed E-state index contributed by atoms with van der Waals surface area (Å²) in [4.78, 5) is 0. The molecular weight excluding hydrogens is 246 g/mol. The van der Waals surface area contributed by atoms with Crippen LogP contribution < -0.4 is 5.32 Å². The smallest absolute Gasteiger partial charge is 0.0708 e. The minimum absolute atomic E-state index is 0.290. The third kappa shape index (κ3) is 3.57. The maximum Gasteiger partial charge on any atom is 0.0708 e. The Balaban J connectivity index is 1.40. The Kier molecular flexibility index (Phi) is 5.04. The molecule has 0 aromatic carbocycles. The Hall–Kier alpha value is -0.0800. The van der Waals surface area contributed by atoms with Crippen LogP contribution in [0, 0.1) is 5.92 Å². The Labute approximate surface area is 125 Å². The molecule has 0 bridgehead atoms. The molecule has 1 spiro atoms. The molecule has 1 unspecified atom stereocenters. The predicted octanol–water partition coefficient (Wildman–Crippen LogP) is 4.43. The third-order valence-electron chi connectivity index (χ3n) is 6.13. The summed E-state index contributed by atoms with van der Waals surface area (Å²) < 4.78 is 6.47. The van der Waals surface area contributed by atoms with E-state index in [-0.39, 0.29) is 0 Å². The summed E-state index contributed by atoms with van der Waals surface area (Å²) in [7, 11) is 0. The van der Waals surface area contributed by atoms with Gasteiger partial charge in [0.15, 0.2) is 0 Å². The van der Waals surface area contributed by atoms with Crippen LogP contribution in [0.25, 0.3) is 0 Å². The number of ether oxygens (including phenoxy) is 1. The minimum atomic E-state index is 0.290. The molecule has 1 aliphatic heterocycles. The van der Waals surface area contributed by atoms with Gasteiger partial charge in [-0.3, -0.25) is 0 Å². The highest BCUT2D eigenvalue weighted by molar-refractivity contribution is 4.92. The third-order valence-corrected chi connectivity index (χ3v) is 6.13. The molecule has 2 heteroatoms. The molecule has 3 rings (SSSR count). The van der Waals surface area contributed by atoms with Crippen molar-refractivity contribution in [2.75, 3.05) is 6.54 Å². The van der Waals surface area contributed by atoms with Crippen LogP contribution in [0.3, 0.4) is 0 Å². The highest BCUT2D eigenvalue weighted by Gasteiger charge is 2.40. The van der Waals surface area contributed by atoms with Crippen molar-refractivity contribution in [2.45, 2.75) is 102 Å². The molecule has 0 aromatic heterocycles. The van der Waals surface area contributed by atoms with Gasteiger partial charge in [0.25, 0.3) is 0 Å². The second-order valence-corrected chi connectivity index (χ2v) is 7.62. The molecule has 2 atom stereocenters. The maximum absolute atomic E-state index is 6.47.